The second-order valence-electron chi connectivity index (χ2n) is 7.73. The van der Waals surface area contributed by atoms with Crippen molar-refractivity contribution in [1.29, 1.82) is 0 Å². The molecule has 0 radical (unpaired) electrons. The zero-order chi connectivity index (χ0) is 22.8. The molecule has 0 spiro atoms. The number of thioether (sulfide) groups is 1. The Labute approximate surface area is 194 Å². The maximum absolute atomic E-state index is 14.0. The van der Waals surface area contributed by atoms with E-state index in [1.807, 2.05) is 41.8 Å². The number of hydrogen-bond donors (Lipinski definition) is 0. The predicted molar refractivity (Wildman–Crippen MR) is 123 cm³/mol. The van der Waals surface area contributed by atoms with Crippen LogP contribution in [-0.4, -0.2) is 51.2 Å². The van der Waals surface area contributed by atoms with Gasteiger partial charge in [0.05, 0.1) is 24.2 Å². The normalized spacial score (nSPS) is 15.1. The molecule has 5 rings (SSSR count). The van der Waals surface area contributed by atoms with Gasteiger partial charge in [0.15, 0.2) is 5.16 Å². The number of para-hydroxylation sites is 1. The lowest BCUT2D eigenvalue weighted by molar-refractivity contribution is 0.122. The van der Waals surface area contributed by atoms with Crippen LogP contribution in [0, 0.1) is 12.7 Å². The van der Waals surface area contributed by atoms with Crippen molar-refractivity contribution in [2.45, 2.75) is 24.3 Å². The first-order valence-electron chi connectivity index (χ1n) is 10.7. The van der Waals surface area contributed by atoms with Crippen molar-refractivity contribution in [2.75, 3.05) is 31.2 Å². The lowest BCUT2D eigenvalue weighted by Crippen LogP contribution is -2.37. The van der Waals surface area contributed by atoms with E-state index in [0.717, 1.165) is 29.9 Å². The van der Waals surface area contributed by atoms with Crippen molar-refractivity contribution in [3.63, 3.8) is 0 Å². The zero-order valence-corrected chi connectivity index (χ0v) is 19.1. The second kappa shape index (κ2) is 9.32. The van der Waals surface area contributed by atoms with Crippen molar-refractivity contribution < 1.29 is 13.7 Å². The molecule has 0 unspecified atom stereocenters. The summed E-state index contributed by atoms with van der Waals surface area (Å²) < 4.78 is 27.0. The quantitative estimate of drug-likeness (QED) is 0.386. The Kier molecular flexibility index (Phi) is 6.10. The second-order valence-corrected chi connectivity index (χ2v) is 9.04. The number of hydrogen-bond acceptors (Lipinski definition) is 8. The Morgan fingerprint density at radius 3 is 2.61 bits per heavy atom. The number of halogens is 1. The predicted octanol–water partition coefficient (Wildman–Crippen LogP) is 4.45. The number of anilines is 1. The van der Waals surface area contributed by atoms with Crippen LogP contribution in [0.3, 0.4) is 0 Å². The summed E-state index contributed by atoms with van der Waals surface area (Å²) in [6, 6.07) is 14.9. The molecule has 2 aromatic carbocycles. The van der Waals surface area contributed by atoms with Gasteiger partial charge in [0.1, 0.15) is 5.82 Å². The van der Waals surface area contributed by atoms with Gasteiger partial charge in [-0.15, -0.1) is 10.2 Å². The lowest BCUT2D eigenvalue weighted by Gasteiger charge is -2.28. The standard InChI is InChI=1S/C23H23FN6O2S/c1-15-8-9-17(14-19(15)24)20-25-21(32-28-20)16(2)33-23-27-26-22(29-10-12-31-13-11-29)30(23)18-6-4-3-5-7-18/h3-9,14,16H,10-13H2,1-2H3/t16-/m0/s1. The topological polar surface area (TPSA) is 82.1 Å². The molecule has 1 aliphatic heterocycles. The van der Waals surface area contributed by atoms with E-state index in [-0.39, 0.29) is 11.1 Å². The number of rotatable bonds is 6. The number of benzene rings is 2. The molecule has 0 bridgehead atoms. The molecular weight excluding hydrogens is 443 g/mol. The summed E-state index contributed by atoms with van der Waals surface area (Å²) >= 11 is 1.48. The molecule has 1 fully saturated rings. The molecule has 8 nitrogen and oxygen atoms in total. The molecule has 1 aliphatic rings. The summed E-state index contributed by atoms with van der Waals surface area (Å²) in [6.07, 6.45) is 0. The Morgan fingerprint density at radius 2 is 1.85 bits per heavy atom. The van der Waals surface area contributed by atoms with Crippen molar-refractivity contribution in [3.05, 3.63) is 65.8 Å². The van der Waals surface area contributed by atoms with Crippen LogP contribution in [0.25, 0.3) is 17.1 Å². The van der Waals surface area contributed by atoms with Crippen LogP contribution in [0.2, 0.25) is 0 Å². The SMILES string of the molecule is Cc1ccc(-c2noc([C@H](C)Sc3nnc(N4CCOCC4)n3-c3ccccc3)n2)cc1F. The monoisotopic (exact) mass is 466 g/mol. The fourth-order valence-electron chi connectivity index (χ4n) is 3.57. The van der Waals surface area contributed by atoms with Crippen LogP contribution in [0.4, 0.5) is 10.3 Å². The Morgan fingerprint density at radius 1 is 1.06 bits per heavy atom. The van der Waals surface area contributed by atoms with E-state index in [0.29, 0.717) is 36.1 Å². The number of aryl methyl sites for hydroxylation is 1. The minimum Gasteiger partial charge on any atom is -0.378 e. The summed E-state index contributed by atoms with van der Waals surface area (Å²) in [4.78, 5) is 6.67. The molecular formula is C23H23FN6O2S. The summed E-state index contributed by atoms with van der Waals surface area (Å²) in [6.45, 7) is 6.51. The highest BCUT2D eigenvalue weighted by molar-refractivity contribution is 7.99. The van der Waals surface area contributed by atoms with Gasteiger partial charge in [0, 0.05) is 18.7 Å². The van der Waals surface area contributed by atoms with E-state index >= 15 is 0 Å². The summed E-state index contributed by atoms with van der Waals surface area (Å²) in [5.74, 6) is 1.27. The third-order valence-corrected chi connectivity index (χ3v) is 6.46. The lowest BCUT2D eigenvalue weighted by atomic mass is 10.1. The highest BCUT2D eigenvalue weighted by atomic mass is 32.2. The molecule has 1 saturated heterocycles. The molecule has 0 amide bonds. The van der Waals surface area contributed by atoms with Gasteiger partial charge >= 0.3 is 0 Å². The summed E-state index contributed by atoms with van der Waals surface area (Å²) in [5, 5.41) is 13.5. The van der Waals surface area contributed by atoms with Crippen LogP contribution in [0.15, 0.2) is 58.2 Å². The Hall–Kier alpha value is -3.24. The molecule has 2 aromatic heterocycles. The summed E-state index contributed by atoms with van der Waals surface area (Å²) in [7, 11) is 0. The van der Waals surface area contributed by atoms with E-state index in [1.54, 1.807) is 19.1 Å². The Bertz CT molecular complexity index is 1240. The van der Waals surface area contributed by atoms with E-state index < -0.39 is 0 Å². The van der Waals surface area contributed by atoms with E-state index in [4.69, 9.17) is 9.26 Å². The molecule has 0 aliphatic carbocycles. The van der Waals surface area contributed by atoms with Crippen LogP contribution in [0.5, 0.6) is 0 Å². The first-order valence-corrected chi connectivity index (χ1v) is 11.6. The van der Waals surface area contributed by atoms with Gasteiger partial charge < -0.3 is 14.2 Å². The smallest absolute Gasteiger partial charge is 0.240 e. The average molecular weight is 467 g/mol. The molecule has 0 N–H and O–H groups in total. The highest BCUT2D eigenvalue weighted by Crippen LogP contribution is 2.37. The highest BCUT2D eigenvalue weighted by Gasteiger charge is 2.25. The van der Waals surface area contributed by atoms with E-state index in [2.05, 4.69) is 25.2 Å². The molecule has 10 heteroatoms. The van der Waals surface area contributed by atoms with Gasteiger partial charge in [-0.25, -0.2) is 4.39 Å². The van der Waals surface area contributed by atoms with E-state index in [1.165, 1.54) is 17.8 Å². The van der Waals surface area contributed by atoms with Crippen LogP contribution in [0.1, 0.15) is 23.6 Å². The minimum atomic E-state index is -0.298. The van der Waals surface area contributed by atoms with Crippen LogP contribution >= 0.6 is 11.8 Å². The van der Waals surface area contributed by atoms with Gasteiger partial charge in [-0.05, 0) is 37.6 Å². The third-order valence-electron chi connectivity index (χ3n) is 5.43. The molecule has 4 aromatic rings. The fourth-order valence-corrected chi connectivity index (χ4v) is 4.46. The first kappa shape index (κ1) is 21.6. The van der Waals surface area contributed by atoms with Crippen LogP contribution in [-0.2, 0) is 4.74 Å². The third kappa shape index (κ3) is 4.49. The molecule has 3 heterocycles. The van der Waals surface area contributed by atoms with Crippen LogP contribution < -0.4 is 4.90 Å². The van der Waals surface area contributed by atoms with Crippen molar-refractivity contribution in [1.82, 2.24) is 24.9 Å². The Balaban J connectivity index is 1.43. The number of ether oxygens (including phenoxy) is 1. The molecule has 1 atom stereocenters. The molecule has 170 valence electrons. The van der Waals surface area contributed by atoms with Crippen molar-refractivity contribution >= 4 is 17.7 Å². The number of nitrogens with zero attached hydrogens (tertiary/aromatic N) is 6. The van der Waals surface area contributed by atoms with Gasteiger partial charge in [-0.2, -0.15) is 4.98 Å². The molecule has 0 saturated carbocycles. The summed E-state index contributed by atoms with van der Waals surface area (Å²) in [5.41, 5.74) is 2.12. The zero-order valence-electron chi connectivity index (χ0n) is 18.3. The van der Waals surface area contributed by atoms with Crippen molar-refractivity contribution in [3.8, 4) is 17.1 Å². The number of morpholine rings is 1. The first-order chi connectivity index (χ1) is 16.1. The van der Waals surface area contributed by atoms with Gasteiger partial charge in [0.2, 0.25) is 17.7 Å². The van der Waals surface area contributed by atoms with Gasteiger partial charge in [-0.3, -0.25) is 4.57 Å². The average Bonchev–Trinajstić information content (AvgIpc) is 3.50. The van der Waals surface area contributed by atoms with Gasteiger partial charge in [0.25, 0.3) is 0 Å². The van der Waals surface area contributed by atoms with E-state index in [9.17, 15) is 4.39 Å². The number of aromatic nitrogens is 5. The largest absolute Gasteiger partial charge is 0.378 e. The molecule has 33 heavy (non-hydrogen) atoms. The fraction of sp³-hybridized carbons (Fsp3) is 0.304. The minimum absolute atomic E-state index is 0.189. The maximum atomic E-state index is 14.0. The van der Waals surface area contributed by atoms with Gasteiger partial charge in [-0.1, -0.05) is 47.3 Å². The van der Waals surface area contributed by atoms with Crippen molar-refractivity contribution in [2.24, 2.45) is 0 Å². The maximum Gasteiger partial charge on any atom is 0.240 e.